The highest BCUT2D eigenvalue weighted by molar-refractivity contribution is 5.29. The topological polar surface area (TPSA) is 48.9 Å². The van der Waals surface area contributed by atoms with Gasteiger partial charge in [-0.15, -0.1) is 0 Å². The van der Waals surface area contributed by atoms with Gasteiger partial charge >= 0.3 is 0 Å². The van der Waals surface area contributed by atoms with E-state index in [1.165, 1.54) is 5.82 Å². The van der Waals surface area contributed by atoms with Crippen LogP contribution in [0.5, 0.6) is 0 Å². The lowest BCUT2D eigenvalue weighted by atomic mass is 10.7. The molecule has 0 saturated heterocycles. The van der Waals surface area contributed by atoms with Crippen LogP contribution in [0, 0.1) is 6.92 Å². The molecule has 0 aliphatic rings. The van der Waals surface area contributed by atoms with Gasteiger partial charge in [0.15, 0.2) is 0 Å². The monoisotopic (exact) mass is 156 g/mol. The Kier molecular flexibility index (Phi) is 3.95. The van der Waals surface area contributed by atoms with Crippen molar-refractivity contribution in [2.75, 3.05) is 0 Å². The smallest absolute Gasteiger partial charge is 0.252 e. The number of hydrogen-bond donors (Lipinski definition) is 0. The molecular weight excluding hydrogens is 144 g/mol. The molecule has 62 valence electrons. The minimum absolute atomic E-state index is 0.500. The number of aryl methyl sites for hydroxylation is 2. The lowest BCUT2D eigenvalue weighted by molar-refractivity contribution is -0.677. The van der Waals surface area contributed by atoms with E-state index < -0.39 is 6.47 Å². The third kappa shape index (κ3) is 2.84. The van der Waals surface area contributed by atoms with E-state index in [0.29, 0.717) is 0 Å². The second-order valence-corrected chi connectivity index (χ2v) is 2.16. The van der Waals surface area contributed by atoms with Gasteiger partial charge in [-0.05, 0) is 0 Å². The van der Waals surface area contributed by atoms with Crippen LogP contribution < -0.4 is 9.67 Å². The number of aromatic nitrogens is 2. The van der Waals surface area contributed by atoms with Crippen molar-refractivity contribution in [2.45, 2.75) is 6.92 Å². The molecule has 0 aromatic carbocycles. The summed E-state index contributed by atoms with van der Waals surface area (Å²) in [4.78, 5) is 8.25. The second kappa shape index (κ2) is 4.49. The summed E-state index contributed by atoms with van der Waals surface area (Å²) in [6.45, 7) is 1.58. The summed E-state index contributed by atoms with van der Waals surface area (Å²) in [6.07, 6.45) is 4.07. The van der Waals surface area contributed by atoms with Crippen LogP contribution in [-0.4, -0.2) is 11.0 Å². The molecule has 11 heavy (non-hydrogen) atoms. The van der Waals surface area contributed by atoms with Crippen molar-refractivity contribution in [3.8, 4) is 0 Å². The molecule has 0 aliphatic heterocycles. The van der Waals surface area contributed by atoms with E-state index in [0.717, 1.165) is 0 Å². The number of rotatable bonds is 0. The molecule has 0 amide bonds. The number of carbonyl (C=O) groups is 1. The average molecular weight is 156 g/mol. The van der Waals surface area contributed by atoms with Crippen molar-refractivity contribution >= 4 is 6.47 Å². The molecule has 0 bridgehead atoms. The van der Waals surface area contributed by atoms with Crippen molar-refractivity contribution in [3.05, 3.63) is 18.2 Å². The number of carboxylic acid groups (broad SMARTS) is 1. The van der Waals surface area contributed by atoms with Crippen LogP contribution in [0.25, 0.3) is 0 Å². The highest BCUT2D eigenvalue weighted by atomic mass is 16.3. The fourth-order valence-corrected chi connectivity index (χ4v) is 0.665. The van der Waals surface area contributed by atoms with Crippen LogP contribution in [0.2, 0.25) is 0 Å². The number of carbonyl (C=O) groups excluding carboxylic acids is 1. The van der Waals surface area contributed by atoms with Gasteiger partial charge in [-0.1, -0.05) is 0 Å². The number of imidazole rings is 1. The fourth-order valence-electron chi connectivity index (χ4n) is 0.665. The van der Waals surface area contributed by atoms with Crippen LogP contribution in [-0.2, 0) is 18.9 Å². The summed E-state index contributed by atoms with van der Waals surface area (Å²) in [7, 11) is 4.07. The summed E-state index contributed by atoms with van der Waals surface area (Å²) in [6, 6.07) is 0. The zero-order valence-electron chi connectivity index (χ0n) is 6.94. The Morgan fingerprint density at radius 2 is 2.18 bits per heavy atom. The van der Waals surface area contributed by atoms with E-state index in [9.17, 15) is 0 Å². The third-order valence-corrected chi connectivity index (χ3v) is 1.53. The SMILES string of the molecule is Cc1n(C)cc[n+]1C.O=C[O-]. The first-order valence-electron chi connectivity index (χ1n) is 3.16. The van der Waals surface area contributed by atoms with Gasteiger partial charge in [0.2, 0.25) is 0 Å². The average Bonchev–Trinajstić information content (AvgIpc) is 2.22. The maximum atomic E-state index is 8.25. The molecule has 1 rings (SSSR count). The van der Waals surface area contributed by atoms with E-state index in [-0.39, 0.29) is 0 Å². The first kappa shape index (κ1) is 9.68. The first-order valence-corrected chi connectivity index (χ1v) is 3.16. The van der Waals surface area contributed by atoms with Crippen molar-refractivity contribution in [2.24, 2.45) is 14.1 Å². The van der Waals surface area contributed by atoms with Gasteiger partial charge in [0.05, 0.1) is 14.1 Å². The van der Waals surface area contributed by atoms with E-state index >= 15 is 0 Å². The molecular formula is C7H12N2O2. The van der Waals surface area contributed by atoms with E-state index in [2.05, 4.69) is 16.1 Å². The van der Waals surface area contributed by atoms with Gasteiger partial charge in [-0.25, -0.2) is 9.13 Å². The Labute approximate surface area is 65.7 Å². The molecule has 0 atom stereocenters. The Morgan fingerprint density at radius 3 is 2.27 bits per heavy atom. The van der Waals surface area contributed by atoms with Gasteiger partial charge in [0.25, 0.3) is 5.82 Å². The van der Waals surface area contributed by atoms with Gasteiger partial charge in [0.1, 0.15) is 12.4 Å². The van der Waals surface area contributed by atoms with Crippen LogP contribution in [0.1, 0.15) is 5.82 Å². The highest BCUT2D eigenvalue weighted by Gasteiger charge is 2.00. The zero-order valence-corrected chi connectivity index (χ0v) is 6.94. The Morgan fingerprint density at radius 1 is 1.73 bits per heavy atom. The molecule has 4 heteroatoms. The Balaban J connectivity index is 0.000000292. The van der Waals surface area contributed by atoms with E-state index in [4.69, 9.17) is 9.90 Å². The normalized spacial score (nSPS) is 8.27. The predicted octanol–water partition coefficient (Wildman–Crippen LogP) is -1.48. The van der Waals surface area contributed by atoms with Crippen LogP contribution >= 0.6 is 0 Å². The first-order chi connectivity index (χ1) is 5.13. The van der Waals surface area contributed by atoms with Crippen molar-refractivity contribution in [1.82, 2.24) is 4.57 Å². The van der Waals surface area contributed by atoms with E-state index in [1.807, 2.05) is 26.5 Å². The quantitative estimate of drug-likeness (QED) is 0.340. The van der Waals surface area contributed by atoms with Crippen molar-refractivity contribution < 1.29 is 14.5 Å². The fraction of sp³-hybridized carbons (Fsp3) is 0.429. The van der Waals surface area contributed by atoms with Crippen molar-refractivity contribution in [3.63, 3.8) is 0 Å². The maximum absolute atomic E-state index is 8.25. The van der Waals surface area contributed by atoms with E-state index in [1.54, 1.807) is 0 Å². The molecule has 0 radical (unpaired) electrons. The summed E-state index contributed by atoms with van der Waals surface area (Å²) in [5, 5.41) is 8.25. The van der Waals surface area contributed by atoms with Crippen LogP contribution in [0.4, 0.5) is 0 Å². The lowest BCUT2D eigenvalue weighted by Gasteiger charge is -1.84. The summed E-state index contributed by atoms with van der Waals surface area (Å²) in [5.74, 6) is 1.27. The van der Waals surface area contributed by atoms with Gasteiger partial charge in [-0.3, -0.25) is 0 Å². The Bertz CT molecular complexity index is 211. The summed E-state index contributed by atoms with van der Waals surface area (Å²) >= 11 is 0. The molecule has 0 fully saturated rings. The molecule has 0 unspecified atom stereocenters. The minimum Gasteiger partial charge on any atom is -0.554 e. The summed E-state index contributed by atoms with van der Waals surface area (Å²) in [5.41, 5.74) is 0. The molecule has 4 nitrogen and oxygen atoms in total. The number of hydrogen-bond acceptors (Lipinski definition) is 2. The summed E-state index contributed by atoms with van der Waals surface area (Å²) < 4.78 is 4.17. The maximum Gasteiger partial charge on any atom is 0.252 e. The lowest BCUT2D eigenvalue weighted by Crippen LogP contribution is -2.29. The zero-order chi connectivity index (χ0) is 8.85. The van der Waals surface area contributed by atoms with Crippen LogP contribution in [0.15, 0.2) is 12.4 Å². The molecule has 1 heterocycles. The molecule has 1 aromatic heterocycles. The van der Waals surface area contributed by atoms with Crippen LogP contribution in [0.3, 0.4) is 0 Å². The van der Waals surface area contributed by atoms with Gasteiger partial charge < -0.3 is 9.90 Å². The molecule has 0 saturated carbocycles. The third-order valence-electron chi connectivity index (χ3n) is 1.53. The van der Waals surface area contributed by atoms with Gasteiger partial charge in [0, 0.05) is 13.4 Å². The Hall–Kier alpha value is -1.32. The molecule has 0 N–H and O–H groups in total. The second-order valence-electron chi connectivity index (χ2n) is 2.16. The largest absolute Gasteiger partial charge is 0.554 e. The molecule has 0 spiro atoms. The standard InChI is InChI=1S/C6H11N2.CH2O2/c1-6-7(2)4-5-8(6)3;2-1-3/h4-5H,1-3H3;1H,(H,2,3)/q+1;/p-1. The molecule has 1 aromatic rings. The minimum atomic E-state index is -0.500. The van der Waals surface area contributed by atoms with Gasteiger partial charge in [-0.2, -0.15) is 0 Å². The highest BCUT2D eigenvalue weighted by Crippen LogP contribution is 1.84. The van der Waals surface area contributed by atoms with Crippen molar-refractivity contribution in [1.29, 1.82) is 0 Å². The predicted molar refractivity (Wildman–Crippen MR) is 37.4 cm³/mol. The molecule has 0 aliphatic carbocycles. The number of nitrogens with zero attached hydrogens (tertiary/aromatic N) is 2.